The van der Waals surface area contributed by atoms with Crippen molar-refractivity contribution in [2.24, 2.45) is 0 Å². The van der Waals surface area contributed by atoms with E-state index in [9.17, 15) is 0 Å². The maximum atomic E-state index is 5.74. The minimum atomic E-state index is -0.00789. The number of pyridine rings is 1. The van der Waals surface area contributed by atoms with Crippen LogP contribution in [0.3, 0.4) is 0 Å². The molecule has 1 N–H and O–H groups in total. The number of hydrogen-bond acceptors (Lipinski definition) is 3. The summed E-state index contributed by atoms with van der Waals surface area (Å²) in [6.07, 6.45) is 3.06. The zero-order valence-corrected chi connectivity index (χ0v) is 10.1. The van der Waals surface area contributed by atoms with E-state index in [1.54, 1.807) is 0 Å². The van der Waals surface area contributed by atoms with E-state index in [-0.39, 0.29) is 5.60 Å². The predicted octanol–water partition coefficient (Wildman–Crippen LogP) is 1.70. The molecule has 0 radical (unpaired) electrons. The van der Waals surface area contributed by atoms with E-state index < -0.39 is 0 Å². The maximum Gasteiger partial charge on any atom is 0.0758 e. The van der Waals surface area contributed by atoms with Crippen LogP contribution in [-0.2, 0) is 11.2 Å². The van der Waals surface area contributed by atoms with Crippen LogP contribution >= 0.6 is 0 Å². The third-order valence-corrected chi connectivity index (χ3v) is 3.40. The van der Waals surface area contributed by atoms with E-state index in [1.807, 2.05) is 20.1 Å². The quantitative estimate of drug-likeness (QED) is 0.842. The zero-order valence-electron chi connectivity index (χ0n) is 10.1. The lowest BCUT2D eigenvalue weighted by molar-refractivity contribution is -0.0340. The third kappa shape index (κ3) is 2.60. The molecule has 1 fully saturated rings. The van der Waals surface area contributed by atoms with Crippen LogP contribution in [-0.4, -0.2) is 30.8 Å². The first-order chi connectivity index (χ1) is 7.74. The van der Waals surface area contributed by atoms with Crippen molar-refractivity contribution in [3.8, 4) is 0 Å². The number of nitrogens with zero attached hydrogens (tertiary/aromatic N) is 1. The van der Waals surface area contributed by atoms with Crippen molar-refractivity contribution < 1.29 is 4.74 Å². The molecule has 1 aromatic heterocycles. The number of piperidine rings is 1. The van der Waals surface area contributed by atoms with E-state index in [2.05, 4.69) is 22.4 Å². The Morgan fingerprint density at radius 2 is 2.12 bits per heavy atom. The Labute approximate surface area is 97.2 Å². The number of methoxy groups -OCH3 is 1. The number of aromatic nitrogens is 1. The van der Waals surface area contributed by atoms with E-state index in [0.29, 0.717) is 0 Å². The summed E-state index contributed by atoms with van der Waals surface area (Å²) in [5, 5.41) is 3.37. The molecule has 1 saturated heterocycles. The van der Waals surface area contributed by atoms with Crippen LogP contribution in [0.5, 0.6) is 0 Å². The van der Waals surface area contributed by atoms with Gasteiger partial charge in [-0.3, -0.25) is 4.98 Å². The van der Waals surface area contributed by atoms with Crippen LogP contribution in [0, 0.1) is 6.92 Å². The number of rotatable bonds is 3. The topological polar surface area (TPSA) is 34.1 Å². The number of hydrogen-bond donors (Lipinski definition) is 1. The highest BCUT2D eigenvalue weighted by Crippen LogP contribution is 2.26. The molecule has 88 valence electrons. The van der Waals surface area contributed by atoms with Gasteiger partial charge < -0.3 is 10.1 Å². The van der Waals surface area contributed by atoms with Crippen molar-refractivity contribution in [2.75, 3.05) is 20.2 Å². The molecule has 1 aliphatic heterocycles. The molecule has 2 heterocycles. The molecule has 0 bridgehead atoms. The van der Waals surface area contributed by atoms with Crippen molar-refractivity contribution >= 4 is 0 Å². The summed E-state index contributed by atoms with van der Waals surface area (Å²) in [7, 11) is 1.82. The third-order valence-electron chi connectivity index (χ3n) is 3.40. The second-order valence-corrected chi connectivity index (χ2v) is 4.58. The van der Waals surface area contributed by atoms with Gasteiger partial charge in [-0.05, 0) is 45.0 Å². The molecule has 0 spiro atoms. The van der Waals surface area contributed by atoms with Gasteiger partial charge in [0.05, 0.1) is 5.60 Å². The molecule has 0 aliphatic carbocycles. The van der Waals surface area contributed by atoms with Gasteiger partial charge in [0.15, 0.2) is 0 Å². The van der Waals surface area contributed by atoms with Gasteiger partial charge in [0.1, 0.15) is 0 Å². The molecule has 0 amide bonds. The lowest BCUT2D eigenvalue weighted by Crippen LogP contribution is -2.45. The average molecular weight is 220 g/mol. The average Bonchev–Trinajstić information content (AvgIpc) is 2.30. The fourth-order valence-corrected chi connectivity index (χ4v) is 2.36. The summed E-state index contributed by atoms with van der Waals surface area (Å²) in [6.45, 7) is 4.12. The Morgan fingerprint density at radius 3 is 2.75 bits per heavy atom. The first-order valence-electron chi connectivity index (χ1n) is 5.92. The molecule has 1 aliphatic rings. The van der Waals surface area contributed by atoms with E-state index in [0.717, 1.165) is 43.7 Å². The minimum absolute atomic E-state index is 0.00789. The molecule has 2 rings (SSSR count). The summed E-state index contributed by atoms with van der Waals surface area (Å²) in [6, 6.07) is 6.20. The van der Waals surface area contributed by atoms with E-state index >= 15 is 0 Å². The van der Waals surface area contributed by atoms with Gasteiger partial charge in [-0.2, -0.15) is 0 Å². The molecule has 3 heteroatoms. The van der Waals surface area contributed by atoms with Crippen molar-refractivity contribution in [1.82, 2.24) is 10.3 Å². The van der Waals surface area contributed by atoms with Crippen LogP contribution in [0.25, 0.3) is 0 Å². The Hall–Kier alpha value is -0.930. The standard InChI is InChI=1S/C13H20N2O/c1-11-4-3-5-12(15-11)10-13(16-2)6-8-14-9-7-13/h3-5,14H,6-10H2,1-2H3. The smallest absolute Gasteiger partial charge is 0.0758 e. The van der Waals surface area contributed by atoms with E-state index in [4.69, 9.17) is 4.74 Å². The number of nitrogens with one attached hydrogen (secondary N) is 1. The molecule has 0 atom stereocenters. The highest BCUT2D eigenvalue weighted by molar-refractivity contribution is 5.12. The van der Waals surface area contributed by atoms with Crippen molar-refractivity contribution in [3.63, 3.8) is 0 Å². The van der Waals surface area contributed by atoms with Crippen LogP contribution in [0.1, 0.15) is 24.2 Å². The largest absolute Gasteiger partial charge is 0.378 e. The first-order valence-corrected chi connectivity index (χ1v) is 5.92. The summed E-state index contributed by atoms with van der Waals surface area (Å²) in [5.41, 5.74) is 2.22. The normalized spacial score (nSPS) is 19.6. The van der Waals surface area contributed by atoms with Gasteiger partial charge in [0.25, 0.3) is 0 Å². The van der Waals surface area contributed by atoms with Crippen LogP contribution in [0.4, 0.5) is 0 Å². The Morgan fingerprint density at radius 1 is 1.38 bits per heavy atom. The predicted molar refractivity (Wildman–Crippen MR) is 64.5 cm³/mol. The minimum Gasteiger partial charge on any atom is -0.378 e. The Bertz CT molecular complexity index is 346. The second-order valence-electron chi connectivity index (χ2n) is 4.58. The highest BCUT2D eigenvalue weighted by Gasteiger charge is 2.32. The van der Waals surface area contributed by atoms with Gasteiger partial charge in [0, 0.05) is 24.9 Å². The van der Waals surface area contributed by atoms with Gasteiger partial charge in [0.2, 0.25) is 0 Å². The lowest BCUT2D eigenvalue weighted by Gasteiger charge is -2.36. The SMILES string of the molecule is COC1(Cc2cccc(C)n2)CCNCC1. The fraction of sp³-hybridized carbons (Fsp3) is 0.615. The van der Waals surface area contributed by atoms with Crippen LogP contribution in [0.2, 0.25) is 0 Å². The summed E-state index contributed by atoms with van der Waals surface area (Å²) in [4.78, 5) is 4.56. The second kappa shape index (κ2) is 4.93. The van der Waals surface area contributed by atoms with Crippen molar-refractivity contribution in [1.29, 1.82) is 0 Å². The van der Waals surface area contributed by atoms with Crippen LogP contribution in [0.15, 0.2) is 18.2 Å². The summed E-state index contributed by atoms with van der Waals surface area (Å²) >= 11 is 0. The molecule has 16 heavy (non-hydrogen) atoms. The molecular formula is C13H20N2O. The van der Waals surface area contributed by atoms with Crippen molar-refractivity contribution in [3.05, 3.63) is 29.6 Å². The van der Waals surface area contributed by atoms with Gasteiger partial charge >= 0.3 is 0 Å². The number of aryl methyl sites for hydroxylation is 1. The molecule has 0 saturated carbocycles. The monoisotopic (exact) mass is 220 g/mol. The molecule has 0 unspecified atom stereocenters. The fourth-order valence-electron chi connectivity index (χ4n) is 2.36. The Kier molecular flexibility index (Phi) is 3.56. The maximum absolute atomic E-state index is 5.74. The zero-order chi connectivity index (χ0) is 11.4. The van der Waals surface area contributed by atoms with E-state index in [1.165, 1.54) is 0 Å². The number of ether oxygens (including phenoxy) is 1. The van der Waals surface area contributed by atoms with Gasteiger partial charge in [-0.25, -0.2) is 0 Å². The Balaban J connectivity index is 2.11. The van der Waals surface area contributed by atoms with Crippen molar-refractivity contribution in [2.45, 2.75) is 31.8 Å². The molecule has 1 aromatic rings. The summed E-state index contributed by atoms with van der Waals surface area (Å²) < 4.78 is 5.74. The molecule has 3 nitrogen and oxygen atoms in total. The van der Waals surface area contributed by atoms with Gasteiger partial charge in [-0.15, -0.1) is 0 Å². The molecular weight excluding hydrogens is 200 g/mol. The highest BCUT2D eigenvalue weighted by atomic mass is 16.5. The van der Waals surface area contributed by atoms with Gasteiger partial charge in [-0.1, -0.05) is 6.07 Å². The van der Waals surface area contributed by atoms with Crippen LogP contribution < -0.4 is 5.32 Å². The first kappa shape index (κ1) is 11.6. The summed E-state index contributed by atoms with van der Waals surface area (Å²) in [5.74, 6) is 0. The molecule has 0 aromatic carbocycles. The lowest BCUT2D eigenvalue weighted by atomic mass is 9.87.